The van der Waals surface area contributed by atoms with E-state index in [0.717, 1.165) is 69.7 Å². The van der Waals surface area contributed by atoms with Gasteiger partial charge < -0.3 is 9.67 Å². The van der Waals surface area contributed by atoms with Crippen molar-refractivity contribution in [2.75, 3.05) is 0 Å². The van der Waals surface area contributed by atoms with Gasteiger partial charge in [-0.15, -0.1) is 5.10 Å². The number of aromatic nitrogens is 6. The van der Waals surface area contributed by atoms with E-state index in [1.54, 1.807) is 0 Å². The second-order valence-electron chi connectivity index (χ2n) is 13.4. The van der Waals surface area contributed by atoms with Crippen LogP contribution in [0.25, 0.3) is 22.5 Å². The number of carbonyl (C=O) groups excluding carboxylic acids is 1. The molecule has 7 aromatic rings. The van der Waals surface area contributed by atoms with Crippen molar-refractivity contribution < 1.29 is 9.90 Å². The molecule has 0 aliphatic heterocycles. The largest absolute Gasteiger partial charge is 0.385 e. The maximum Gasteiger partial charge on any atom is 0.209 e. The lowest BCUT2D eigenvalue weighted by Crippen LogP contribution is -2.39. The van der Waals surface area contributed by atoms with Gasteiger partial charge >= 0.3 is 0 Å². The van der Waals surface area contributed by atoms with Crippen molar-refractivity contribution in [3.05, 3.63) is 179 Å². The third-order valence-corrected chi connectivity index (χ3v) is 10.2. The van der Waals surface area contributed by atoms with Crippen molar-refractivity contribution in [1.29, 1.82) is 0 Å². The molecule has 1 aliphatic carbocycles. The number of aliphatic hydroxyl groups is 1. The topological polar surface area (TPSA) is 98.7 Å². The summed E-state index contributed by atoms with van der Waals surface area (Å²) < 4.78 is 3.99. The first-order chi connectivity index (χ1) is 25.6. The summed E-state index contributed by atoms with van der Waals surface area (Å²) in [6, 6.07) is 47.9. The van der Waals surface area contributed by atoms with E-state index >= 15 is 0 Å². The highest BCUT2D eigenvalue weighted by molar-refractivity contribution is 5.99. The van der Waals surface area contributed by atoms with E-state index in [2.05, 4.69) is 121 Å². The Bertz CT molecular complexity index is 2200. The standard InChI is InChI=1S/C44H40N6O2/c1-2-15-40-45-38-24-14-25-39(51)42(52)41(38)49(40)30-31-26-28-32(29-27-31)36-22-12-13-23-37(36)43-46-47-48-50(43)44(33-16-6-3-7-17-33,34-18-8-4-9-19-34)35-20-10-5-11-21-35/h3-13,16-23,26-29,39,51H,2,14-15,24-25,30H2,1H3. The number of aryl methyl sites for hydroxylation is 2. The van der Waals surface area contributed by atoms with Gasteiger partial charge in [0.25, 0.3) is 0 Å². The molecule has 258 valence electrons. The van der Waals surface area contributed by atoms with Crippen molar-refractivity contribution >= 4 is 5.78 Å². The lowest BCUT2D eigenvalue weighted by atomic mass is 9.77. The SMILES string of the molecule is CCCc1nc2c(n1Cc1ccc(-c3ccccc3-c3nnnn3C(c3ccccc3)(c3ccccc3)c3ccccc3)cc1)C(=O)C(O)CCC2. The second-order valence-corrected chi connectivity index (χ2v) is 13.4. The average molecular weight is 685 g/mol. The van der Waals surface area contributed by atoms with Crippen LogP contribution in [-0.4, -0.2) is 46.8 Å². The number of hydrogen-bond donors (Lipinski definition) is 1. The number of fused-ring (bicyclic) bond motifs is 1. The van der Waals surface area contributed by atoms with Crippen LogP contribution in [0.4, 0.5) is 0 Å². The Kier molecular flexibility index (Phi) is 9.14. The number of nitrogens with zero attached hydrogens (tertiary/aromatic N) is 6. The van der Waals surface area contributed by atoms with E-state index < -0.39 is 11.6 Å². The summed E-state index contributed by atoms with van der Waals surface area (Å²) in [5.41, 5.74) is 7.57. The van der Waals surface area contributed by atoms with Gasteiger partial charge in [-0.25, -0.2) is 9.67 Å². The molecule has 0 saturated carbocycles. The Morgan fingerprint density at radius 2 is 1.33 bits per heavy atom. The van der Waals surface area contributed by atoms with Gasteiger partial charge in [-0.3, -0.25) is 4.79 Å². The van der Waals surface area contributed by atoms with Gasteiger partial charge in [0.15, 0.2) is 5.82 Å². The summed E-state index contributed by atoms with van der Waals surface area (Å²) >= 11 is 0. The number of tetrazole rings is 1. The predicted octanol–water partition coefficient (Wildman–Crippen LogP) is 7.92. The zero-order valence-corrected chi connectivity index (χ0v) is 29.1. The van der Waals surface area contributed by atoms with Gasteiger partial charge in [-0.05, 0) is 69.5 Å². The van der Waals surface area contributed by atoms with Gasteiger partial charge in [0.1, 0.15) is 23.2 Å². The van der Waals surface area contributed by atoms with Gasteiger partial charge in [0.2, 0.25) is 5.78 Å². The molecule has 0 saturated heterocycles. The summed E-state index contributed by atoms with van der Waals surface area (Å²) in [6.45, 7) is 2.62. The van der Waals surface area contributed by atoms with Crippen molar-refractivity contribution in [2.45, 2.75) is 57.2 Å². The number of hydrogen-bond acceptors (Lipinski definition) is 6. The molecule has 0 amide bonds. The van der Waals surface area contributed by atoms with Crippen LogP contribution >= 0.6 is 0 Å². The Morgan fingerprint density at radius 1 is 0.750 bits per heavy atom. The van der Waals surface area contributed by atoms with Crippen LogP contribution < -0.4 is 0 Å². The molecule has 8 heteroatoms. The van der Waals surface area contributed by atoms with Gasteiger partial charge in [0, 0.05) is 18.5 Å². The molecule has 0 bridgehead atoms. The average Bonchev–Trinajstić information content (AvgIpc) is 3.78. The zero-order valence-electron chi connectivity index (χ0n) is 29.1. The van der Waals surface area contributed by atoms with Crippen LogP contribution in [0.5, 0.6) is 0 Å². The molecule has 8 rings (SSSR count). The Hall–Kier alpha value is -5.99. The monoisotopic (exact) mass is 684 g/mol. The van der Waals surface area contributed by atoms with Crippen molar-refractivity contribution in [3.8, 4) is 22.5 Å². The fraction of sp³-hybridized carbons (Fsp3) is 0.205. The van der Waals surface area contributed by atoms with Crippen LogP contribution in [0.1, 0.15) is 70.4 Å². The van der Waals surface area contributed by atoms with E-state index in [-0.39, 0.29) is 5.78 Å². The molecule has 8 nitrogen and oxygen atoms in total. The van der Waals surface area contributed by atoms with Crippen LogP contribution in [0.3, 0.4) is 0 Å². The normalized spacial score (nSPS) is 14.6. The highest BCUT2D eigenvalue weighted by atomic mass is 16.3. The fourth-order valence-corrected chi connectivity index (χ4v) is 7.73. The number of aliphatic hydroxyl groups excluding tert-OH is 1. The molecule has 2 heterocycles. The lowest BCUT2D eigenvalue weighted by molar-refractivity contribution is 0.0725. The Morgan fingerprint density at radius 3 is 1.92 bits per heavy atom. The third kappa shape index (κ3) is 5.85. The Balaban J connectivity index is 1.22. The first-order valence-corrected chi connectivity index (χ1v) is 18.0. The molecule has 5 aromatic carbocycles. The molecule has 0 radical (unpaired) electrons. The summed E-state index contributed by atoms with van der Waals surface area (Å²) in [4.78, 5) is 18.2. The van der Waals surface area contributed by atoms with E-state index in [1.807, 2.05) is 39.6 Å². The molecule has 2 aromatic heterocycles. The number of carbonyl (C=O) groups is 1. The summed E-state index contributed by atoms with van der Waals surface area (Å²) in [5.74, 6) is 1.32. The minimum atomic E-state index is -0.981. The van der Waals surface area contributed by atoms with Crippen molar-refractivity contribution in [2.24, 2.45) is 0 Å². The van der Waals surface area contributed by atoms with E-state index in [9.17, 15) is 9.90 Å². The fourth-order valence-electron chi connectivity index (χ4n) is 7.73. The number of rotatable bonds is 10. The van der Waals surface area contributed by atoms with Crippen LogP contribution in [-0.2, 0) is 24.9 Å². The van der Waals surface area contributed by atoms with Gasteiger partial charge in [0.05, 0.1) is 5.69 Å². The molecular formula is C44H40N6O2. The first-order valence-electron chi connectivity index (χ1n) is 18.0. The number of ketones is 1. The quantitative estimate of drug-likeness (QED) is 0.116. The molecule has 1 N–H and O–H groups in total. The molecular weight excluding hydrogens is 645 g/mol. The maximum atomic E-state index is 13.3. The zero-order chi connectivity index (χ0) is 35.5. The Labute approximate surface area is 303 Å². The van der Waals surface area contributed by atoms with Crippen LogP contribution in [0.2, 0.25) is 0 Å². The molecule has 0 spiro atoms. The van der Waals surface area contributed by atoms with E-state index in [0.29, 0.717) is 30.9 Å². The molecule has 1 atom stereocenters. The predicted molar refractivity (Wildman–Crippen MR) is 202 cm³/mol. The highest BCUT2D eigenvalue weighted by Crippen LogP contribution is 2.43. The van der Waals surface area contributed by atoms with Crippen molar-refractivity contribution in [3.63, 3.8) is 0 Å². The maximum absolute atomic E-state index is 13.3. The smallest absolute Gasteiger partial charge is 0.209 e. The second kappa shape index (κ2) is 14.3. The van der Waals surface area contributed by atoms with E-state index in [1.165, 1.54) is 0 Å². The summed E-state index contributed by atoms with van der Waals surface area (Å²) in [5, 5.41) is 24.3. The van der Waals surface area contributed by atoms with Gasteiger partial charge in [-0.1, -0.05) is 146 Å². The molecule has 1 unspecified atom stereocenters. The van der Waals surface area contributed by atoms with Gasteiger partial charge in [-0.2, -0.15) is 0 Å². The van der Waals surface area contributed by atoms with Crippen LogP contribution in [0.15, 0.2) is 140 Å². The van der Waals surface area contributed by atoms with E-state index in [4.69, 9.17) is 15.3 Å². The molecule has 1 aliphatic rings. The minimum Gasteiger partial charge on any atom is -0.385 e. The van der Waals surface area contributed by atoms with Crippen LogP contribution in [0, 0.1) is 0 Å². The highest BCUT2D eigenvalue weighted by Gasteiger charge is 2.42. The molecule has 52 heavy (non-hydrogen) atoms. The van der Waals surface area contributed by atoms with Crippen molar-refractivity contribution in [1.82, 2.24) is 29.8 Å². The summed E-state index contributed by atoms with van der Waals surface area (Å²) in [7, 11) is 0. The third-order valence-electron chi connectivity index (χ3n) is 10.2. The lowest BCUT2D eigenvalue weighted by Gasteiger charge is -2.36. The minimum absolute atomic E-state index is 0.219. The molecule has 0 fully saturated rings. The number of benzene rings is 5. The number of imidazole rings is 1. The first kappa shape index (κ1) is 33.2. The summed E-state index contributed by atoms with van der Waals surface area (Å²) in [6.07, 6.45) is 2.64. The number of Topliss-reactive ketones (excluding diaryl/α,β-unsaturated/α-hetero) is 1.